The van der Waals surface area contributed by atoms with Crippen LogP contribution in [0.1, 0.15) is 12.5 Å². The van der Waals surface area contributed by atoms with E-state index in [0.717, 1.165) is 5.56 Å². The molecule has 0 saturated carbocycles. The molecule has 1 rings (SSSR count). The van der Waals surface area contributed by atoms with Crippen LogP contribution in [0.2, 0.25) is 0 Å². The average molecular weight is 276 g/mol. The molecule has 0 heterocycles. The van der Waals surface area contributed by atoms with Crippen LogP contribution in [0.25, 0.3) is 0 Å². The van der Waals surface area contributed by atoms with E-state index in [0.29, 0.717) is 12.2 Å². The predicted molar refractivity (Wildman–Crippen MR) is 78.2 cm³/mol. The van der Waals surface area contributed by atoms with Crippen molar-refractivity contribution in [2.24, 2.45) is 5.16 Å². The molecule has 0 aliphatic carbocycles. The van der Waals surface area contributed by atoms with Gasteiger partial charge < -0.3 is 14.8 Å². The fourth-order valence-electron chi connectivity index (χ4n) is 1.54. The highest BCUT2D eigenvalue weighted by Gasteiger charge is 2.11. The fraction of sp³-hybridized carbons (Fsp3) is 0.333. The number of nitrogens with zero attached hydrogens (tertiary/aromatic N) is 2. The molecule has 0 aliphatic heterocycles. The van der Waals surface area contributed by atoms with E-state index in [1.807, 2.05) is 30.3 Å². The second-order valence-corrected chi connectivity index (χ2v) is 4.30. The Labute approximate surface area is 119 Å². The molecule has 0 fully saturated rings. The van der Waals surface area contributed by atoms with Crippen LogP contribution in [0.5, 0.6) is 0 Å². The van der Waals surface area contributed by atoms with Crippen LogP contribution in [-0.4, -0.2) is 41.8 Å². The summed E-state index contributed by atoms with van der Waals surface area (Å²) in [7, 11) is 0. The first kappa shape index (κ1) is 15.9. The number of benzene rings is 1. The molecule has 20 heavy (non-hydrogen) atoms. The molecule has 1 amide bonds. The van der Waals surface area contributed by atoms with Crippen molar-refractivity contribution in [3.63, 3.8) is 0 Å². The van der Waals surface area contributed by atoms with Crippen molar-refractivity contribution >= 4 is 12.1 Å². The molecule has 0 saturated heterocycles. The molecule has 0 bridgehead atoms. The SMILES string of the molecule is C=C(C)C(=O)N(C/C=N/OCc1ccccc1)CCO. The summed E-state index contributed by atoms with van der Waals surface area (Å²) in [6.07, 6.45) is 1.50. The number of aliphatic hydroxyl groups is 1. The maximum Gasteiger partial charge on any atom is 0.249 e. The summed E-state index contributed by atoms with van der Waals surface area (Å²) in [6.45, 7) is 6.03. The third-order valence-corrected chi connectivity index (χ3v) is 2.55. The van der Waals surface area contributed by atoms with Gasteiger partial charge in [-0.15, -0.1) is 0 Å². The van der Waals surface area contributed by atoms with Crippen molar-refractivity contribution in [3.8, 4) is 0 Å². The highest BCUT2D eigenvalue weighted by molar-refractivity contribution is 5.93. The van der Waals surface area contributed by atoms with Gasteiger partial charge in [-0.3, -0.25) is 4.79 Å². The van der Waals surface area contributed by atoms with Crippen molar-refractivity contribution in [2.75, 3.05) is 19.7 Å². The van der Waals surface area contributed by atoms with Gasteiger partial charge in [-0.05, 0) is 12.5 Å². The van der Waals surface area contributed by atoms with Gasteiger partial charge in [0.25, 0.3) is 0 Å². The van der Waals surface area contributed by atoms with E-state index in [4.69, 9.17) is 9.94 Å². The van der Waals surface area contributed by atoms with Gasteiger partial charge in [0.1, 0.15) is 6.61 Å². The van der Waals surface area contributed by atoms with Gasteiger partial charge in [0.05, 0.1) is 19.4 Å². The number of amides is 1. The molecule has 0 aliphatic rings. The number of aliphatic hydroxyl groups excluding tert-OH is 1. The van der Waals surface area contributed by atoms with E-state index in [1.165, 1.54) is 11.1 Å². The lowest BCUT2D eigenvalue weighted by Crippen LogP contribution is -2.35. The first-order valence-electron chi connectivity index (χ1n) is 6.38. The number of hydrogen-bond acceptors (Lipinski definition) is 4. The maximum atomic E-state index is 11.7. The van der Waals surface area contributed by atoms with Crippen LogP contribution in [0.3, 0.4) is 0 Å². The van der Waals surface area contributed by atoms with Gasteiger partial charge >= 0.3 is 0 Å². The molecular weight excluding hydrogens is 256 g/mol. The molecule has 5 nitrogen and oxygen atoms in total. The van der Waals surface area contributed by atoms with Crippen LogP contribution >= 0.6 is 0 Å². The highest BCUT2D eigenvalue weighted by atomic mass is 16.6. The van der Waals surface area contributed by atoms with Crippen molar-refractivity contribution in [1.29, 1.82) is 0 Å². The molecular formula is C15H20N2O3. The van der Waals surface area contributed by atoms with Crippen LogP contribution in [0.15, 0.2) is 47.6 Å². The van der Waals surface area contributed by atoms with Gasteiger partial charge in [0.2, 0.25) is 5.91 Å². The Bertz CT molecular complexity index is 457. The average Bonchev–Trinajstić information content (AvgIpc) is 2.46. The molecule has 5 heteroatoms. The quantitative estimate of drug-likeness (QED) is 0.445. The number of oxime groups is 1. The van der Waals surface area contributed by atoms with Crippen LogP contribution in [0, 0.1) is 0 Å². The lowest BCUT2D eigenvalue weighted by molar-refractivity contribution is -0.126. The topological polar surface area (TPSA) is 62.1 Å². The van der Waals surface area contributed by atoms with E-state index < -0.39 is 0 Å². The smallest absolute Gasteiger partial charge is 0.249 e. The van der Waals surface area contributed by atoms with Crippen molar-refractivity contribution in [1.82, 2.24) is 4.90 Å². The normalized spacial score (nSPS) is 10.5. The molecule has 1 aromatic rings. The summed E-state index contributed by atoms with van der Waals surface area (Å²) < 4.78 is 0. The number of carbonyl (C=O) groups excluding carboxylic acids is 1. The first-order chi connectivity index (χ1) is 9.65. The van der Waals surface area contributed by atoms with Crippen molar-refractivity contribution in [2.45, 2.75) is 13.5 Å². The number of hydrogen-bond donors (Lipinski definition) is 1. The van der Waals surface area contributed by atoms with Crippen molar-refractivity contribution in [3.05, 3.63) is 48.0 Å². The summed E-state index contributed by atoms with van der Waals surface area (Å²) in [5.74, 6) is -0.200. The monoisotopic (exact) mass is 276 g/mol. The lowest BCUT2D eigenvalue weighted by Gasteiger charge is -2.19. The fourth-order valence-corrected chi connectivity index (χ4v) is 1.54. The summed E-state index contributed by atoms with van der Waals surface area (Å²) in [5, 5.41) is 12.7. The predicted octanol–water partition coefficient (Wildman–Crippen LogP) is 1.59. The summed E-state index contributed by atoms with van der Waals surface area (Å²) in [4.78, 5) is 18.3. The standard InChI is InChI=1S/C15H20N2O3/c1-13(2)15(19)17(10-11-18)9-8-16-20-12-14-6-4-3-5-7-14/h3-8,18H,1,9-12H2,2H3/b16-8+. The highest BCUT2D eigenvalue weighted by Crippen LogP contribution is 2.01. The molecule has 0 spiro atoms. The number of rotatable bonds is 8. The minimum atomic E-state index is -0.200. The molecule has 0 unspecified atom stereocenters. The Morgan fingerprint density at radius 2 is 2.15 bits per heavy atom. The molecule has 1 N–H and O–H groups in total. The molecule has 0 aromatic heterocycles. The Hall–Kier alpha value is -2.14. The zero-order valence-electron chi connectivity index (χ0n) is 11.7. The second-order valence-electron chi connectivity index (χ2n) is 4.30. The number of carbonyl (C=O) groups is 1. The zero-order valence-corrected chi connectivity index (χ0v) is 11.7. The summed E-state index contributed by atoms with van der Waals surface area (Å²) >= 11 is 0. The Balaban J connectivity index is 2.37. The van der Waals surface area contributed by atoms with E-state index in [1.54, 1.807) is 6.92 Å². The van der Waals surface area contributed by atoms with Gasteiger partial charge in [0, 0.05) is 12.1 Å². The van der Waals surface area contributed by atoms with E-state index in [2.05, 4.69) is 11.7 Å². The van der Waals surface area contributed by atoms with Gasteiger partial charge in [0.15, 0.2) is 0 Å². The maximum absolute atomic E-state index is 11.7. The third-order valence-electron chi connectivity index (χ3n) is 2.55. The molecule has 0 radical (unpaired) electrons. The first-order valence-corrected chi connectivity index (χ1v) is 6.38. The van der Waals surface area contributed by atoms with Crippen LogP contribution < -0.4 is 0 Å². The largest absolute Gasteiger partial charge is 0.395 e. The van der Waals surface area contributed by atoms with Crippen LogP contribution in [-0.2, 0) is 16.2 Å². The zero-order chi connectivity index (χ0) is 14.8. The van der Waals surface area contributed by atoms with Gasteiger partial charge in [-0.2, -0.15) is 0 Å². The summed E-state index contributed by atoms with van der Waals surface area (Å²) in [6, 6.07) is 9.67. The lowest BCUT2D eigenvalue weighted by atomic mass is 10.2. The third kappa shape index (κ3) is 5.67. The minimum absolute atomic E-state index is 0.0995. The second kappa shape index (κ2) is 8.87. The van der Waals surface area contributed by atoms with E-state index in [-0.39, 0.29) is 25.6 Å². The van der Waals surface area contributed by atoms with E-state index >= 15 is 0 Å². The Kier molecular flexibility index (Phi) is 7.06. The Morgan fingerprint density at radius 3 is 2.75 bits per heavy atom. The van der Waals surface area contributed by atoms with Crippen molar-refractivity contribution < 1.29 is 14.7 Å². The molecule has 0 atom stereocenters. The molecule has 1 aromatic carbocycles. The Morgan fingerprint density at radius 1 is 1.45 bits per heavy atom. The molecule has 108 valence electrons. The summed E-state index contributed by atoms with van der Waals surface area (Å²) in [5.41, 5.74) is 1.45. The van der Waals surface area contributed by atoms with E-state index in [9.17, 15) is 4.79 Å². The van der Waals surface area contributed by atoms with Gasteiger partial charge in [-0.25, -0.2) is 0 Å². The van der Waals surface area contributed by atoms with Crippen LogP contribution in [0.4, 0.5) is 0 Å². The van der Waals surface area contributed by atoms with Gasteiger partial charge in [-0.1, -0.05) is 42.1 Å². The minimum Gasteiger partial charge on any atom is -0.395 e.